The fourth-order valence-electron chi connectivity index (χ4n) is 1.47. The average Bonchev–Trinajstić information content (AvgIpc) is 2.29. The van der Waals surface area contributed by atoms with Gasteiger partial charge in [0.2, 0.25) is 0 Å². The fraction of sp³-hybridized carbons (Fsp3) is 1.00. The first kappa shape index (κ1) is 18.3. The quantitative estimate of drug-likeness (QED) is 0.561. The van der Waals surface area contributed by atoms with E-state index in [1.54, 1.807) is 0 Å². The predicted octanol–water partition coefficient (Wildman–Crippen LogP) is 3.57. The van der Waals surface area contributed by atoms with Gasteiger partial charge >= 0.3 is 0 Å². The van der Waals surface area contributed by atoms with Gasteiger partial charge in [-0.05, 0) is 32.5 Å². The highest BCUT2D eigenvalue weighted by atomic mass is 14.9. The molecular formula is C14H34N2. The van der Waals surface area contributed by atoms with E-state index in [0.29, 0.717) is 6.04 Å². The van der Waals surface area contributed by atoms with Crippen LogP contribution in [0.5, 0.6) is 0 Å². The zero-order valence-electron chi connectivity index (χ0n) is 12.2. The SMILES string of the molecule is CC.CCNCCCCCCCNC(C)C. The molecule has 0 aromatic heterocycles. The second-order valence-corrected chi connectivity index (χ2v) is 4.23. The van der Waals surface area contributed by atoms with Crippen molar-refractivity contribution in [1.82, 2.24) is 10.6 Å². The van der Waals surface area contributed by atoms with Gasteiger partial charge in [0.1, 0.15) is 0 Å². The highest BCUT2D eigenvalue weighted by molar-refractivity contribution is 4.53. The molecule has 0 heterocycles. The van der Waals surface area contributed by atoms with Gasteiger partial charge in [-0.2, -0.15) is 0 Å². The van der Waals surface area contributed by atoms with Gasteiger partial charge in [-0.1, -0.05) is 53.9 Å². The molecule has 2 heteroatoms. The van der Waals surface area contributed by atoms with E-state index in [2.05, 4.69) is 31.4 Å². The standard InChI is InChI=1S/C12H28N2.C2H6/c1-4-13-10-8-6-5-7-9-11-14-12(2)3;1-2/h12-14H,4-11H2,1-3H3;1-2H3. The molecule has 0 aromatic rings. The van der Waals surface area contributed by atoms with Gasteiger partial charge in [0.25, 0.3) is 0 Å². The molecule has 0 spiro atoms. The van der Waals surface area contributed by atoms with Crippen molar-refractivity contribution in [1.29, 1.82) is 0 Å². The van der Waals surface area contributed by atoms with Gasteiger partial charge in [-0.25, -0.2) is 0 Å². The molecule has 0 aromatic carbocycles. The summed E-state index contributed by atoms with van der Waals surface area (Å²) in [5, 5.41) is 6.80. The lowest BCUT2D eigenvalue weighted by Crippen LogP contribution is -2.23. The largest absolute Gasteiger partial charge is 0.317 e. The van der Waals surface area contributed by atoms with E-state index in [4.69, 9.17) is 0 Å². The Morgan fingerprint density at radius 3 is 1.81 bits per heavy atom. The van der Waals surface area contributed by atoms with Gasteiger partial charge in [0, 0.05) is 6.04 Å². The molecule has 0 amide bonds. The first-order valence-electron chi connectivity index (χ1n) is 7.21. The van der Waals surface area contributed by atoms with Crippen LogP contribution in [-0.2, 0) is 0 Å². The lowest BCUT2D eigenvalue weighted by Gasteiger charge is -2.07. The zero-order chi connectivity index (χ0) is 12.6. The summed E-state index contributed by atoms with van der Waals surface area (Å²) in [6, 6.07) is 0.642. The van der Waals surface area contributed by atoms with Crippen LogP contribution in [0, 0.1) is 0 Å². The van der Waals surface area contributed by atoms with Crippen LogP contribution >= 0.6 is 0 Å². The molecule has 0 saturated carbocycles. The van der Waals surface area contributed by atoms with Crippen molar-refractivity contribution in [3.8, 4) is 0 Å². The minimum Gasteiger partial charge on any atom is -0.317 e. The number of hydrogen-bond donors (Lipinski definition) is 2. The maximum atomic E-state index is 3.44. The molecule has 0 rings (SSSR count). The van der Waals surface area contributed by atoms with Crippen molar-refractivity contribution in [3.63, 3.8) is 0 Å². The number of rotatable bonds is 10. The molecule has 100 valence electrons. The Bertz CT molecular complexity index is 103. The van der Waals surface area contributed by atoms with Crippen molar-refractivity contribution in [2.75, 3.05) is 19.6 Å². The molecule has 0 unspecified atom stereocenters. The molecule has 0 aliphatic rings. The van der Waals surface area contributed by atoms with Crippen LogP contribution in [0.15, 0.2) is 0 Å². The molecule has 0 aliphatic carbocycles. The number of nitrogens with one attached hydrogen (secondary N) is 2. The van der Waals surface area contributed by atoms with Gasteiger partial charge in [0.15, 0.2) is 0 Å². The summed E-state index contributed by atoms with van der Waals surface area (Å²) in [6.07, 6.45) is 6.83. The first-order chi connectivity index (χ1) is 7.77. The summed E-state index contributed by atoms with van der Waals surface area (Å²) < 4.78 is 0. The molecular weight excluding hydrogens is 196 g/mol. The topological polar surface area (TPSA) is 24.1 Å². The van der Waals surface area contributed by atoms with E-state index in [-0.39, 0.29) is 0 Å². The van der Waals surface area contributed by atoms with Crippen molar-refractivity contribution in [3.05, 3.63) is 0 Å². The molecule has 2 nitrogen and oxygen atoms in total. The van der Waals surface area contributed by atoms with Crippen LogP contribution in [-0.4, -0.2) is 25.7 Å². The second kappa shape index (κ2) is 17.3. The molecule has 0 atom stereocenters. The Kier molecular flexibility index (Phi) is 19.8. The fourth-order valence-corrected chi connectivity index (χ4v) is 1.47. The normalized spacial score (nSPS) is 10.1. The van der Waals surface area contributed by atoms with Crippen molar-refractivity contribution in [2.24, 2.45) is 0 Å². The van der Waals surface area contributed by atoms with Crippen molar-refractivity contribution >= 4 is 0 Å². The van der Waals surface area contributed by atoms with Crippen LogP contribution in [0.2, 0.25) is 0 Å². The molecule has 16 heavy (non-hydrogen) atoms. The van der Waals surface area contributed by atoms with Crippen LogP contribution in [0.3, 0.4) is 0 Å². The third-order valence-electron chi connectivity index (χ3n) is 2.33. The summed E-state index contributed by atoms with van der Waals surface area (Å²) in [6.45, 7) is 14.1. The zero-order valence-corrected chi connectivity index (χ0v) is 12.2. The highest BCUT2D eigenvalue weighted by Gasteiger charge is 1.92. The van der Waals surface area contributed by atoms with E-state index in [0.717, 1.165) is 6.54 Å². The Hall–Kier alpha value is -0.0800. The summed E-state index contributed by atoms with van der Waals surface area (Å²) in [4.78, 5) is 0. The number of unbranched alkanes of at least 4 members (excludes halogenated alkanes) is 4. The number of hydrogen-bond acceptors (Lipinski definition) is 2. The molecule has 0 radical (unpaired) electrons. The van der Waals surface area contributed by atoms with Gasteiger partial charge in [-0.15, -0.1) is 0 Å². The molecule has 0 aliphatic heterocycles. The monoisotopic (exact) mass is 230 g/mol. The third-order valence-corrected chi connectivity index (χ3v) is 2.33. The lowest BCUT2D eigenvalue weighted by molar-refractivity contribution is 0.531. The Morgan fingerprint density at radius 1 is 0.812 bits per heavy atom. The highest BCUT2D eigenvalue weighted by Crippen LogP contribution is 2.01. The summed E-state index contributed by atoms with van der Waals surface area (Å²) in [5.41, 5.74) is 0. The van der Waals surface area contributed by atoms with Gasteiger partial charge < -0.3 is 10.6 Å². The maximum Gasteiger partial charge on any atom is 0.00103 e. The molecule has 0 fully saturated rings. The maximum absolute atomic E-state index is 3.44. The van der Waals surface area contributed by atoms with Crippen LogP contribution < -0.4 is 10.6 Å². The van der Waals surface area contributed by atoms with Crippen molar-refractivity contribution < 1.29 is 0 Å². The molecule has 0 bridgehead atoms. The molecule has 2 N–H and O–H groups in total. The summed E-state index contributed by atoms with van der Waals surface area (Å²) >= 11 is 0. The lowest BCUT2D eigenvalue weighted by atomic mass is 10.1. The Balaban J connectivity index is 0. The second-order valence-electron chi connectivity index (χ2n) is 4.23. The predicted molar refractivity (Wildman–Crippen MR) is 76.1 cm³/mol. The minimum absolute atomic E-state index is 0.642. The average molecular weight is 230 g/mol. The minimum atomic E-state index is 0.642. The van der Waals surface area contributed by atoms with Crippen molar-refractivity contribution in [2.45, 2.75) is 72.8 Å². The van der Waals surface area contributed by atoms with Crippen LogP contribution in [0.4, 0.5) is 0 Å². The van der Waals surface area contributed by atoms with Crippen LogP contribution in [0.1, 0.15) is 66.7 Å². The third kappa shape index (κ3) is 19.5. The van der Waals surface area contributed by atoms with E-state index < -0.39 is 0 Å². The van der Waals surface area contributed by atoms with Gasteiger partial charge in [0.05, 0.1) is 0 Å². The Labute approximate surface area is 104 Å². The summed E-state index contributed by atoms with van der Waals surface area (Å²) in [5.74, 6) is 0. The molecule has 0 saturated heterocycles. The van der Waals surface area contributed by atoms with E-state index in [1.807, 2.05) is 13.8 Å². The van der Waals surface area contributed by atoms with E-state index >= 15 is 0 Å². The summed E-state index contributed by atoms with van der Waals surface area (Å²) in [7, 11) is 0. The Morgan fingerprint density at radius 2 is 1.31 bits per heavy atom. The van der Waals surface area contributed by atoms with E-state index in [9.17, 15) is 0 Å². The van der Waals surface area contributed by atoms with Gasteiger partial charge in [-0.3, -0.25) is 0 Å². The van der Waals surface area contributed by atoms with Crippen LogP contribution in [0.25, 0.3) is 0 Å². The van der Waals surface area contributed by atoms with E-state index in [1.165, 1.54) is 45.2 Å². The smallest absolute Gasteiger partial charge is 0.00103 e. The first-order valence-corrected chi connectivity index (χ1v) is 7.21.